The minimum Gasteiger partial charge on any atom is -0.371 e. The molecule has 0 saturated carbocycles. The van der Waals surface area contributed by atoms with E-state index in [1.165, 1.54) is 18.5 Å². The number of hydrogen-bond acceptors (Lipinski definition) is 3. The molecule has 0 unspecified atom stereocenters. The van der Waals surface area contributed by atoms with E-state index in [-0.39, 0.29) is 5.78 Å². The number of carbonyl (C=O) groups excluding carboxylic acids is 1. The normalized spacial score (nSPS) is 15.3. The van der Waals surface area contributed by atoms with Crippen molar-refractivity contribution in [1.82, 2.24) is 0 Å². The molecule has 1 fully saturated rings. The molecule has 0 aliphatic carbocycles. The van der Waals surface area contributed by atoms with Gasteiger partial charge >= 0.3 is 0 Å². The summed E-state index contributed by atoms with van der Waals surface area (Å²) in [5.41, 5.74) is 7.32. The molecule has 0 amide bonds. The maximum absolute atomic E-state index is 11.7. The molecule has 4 heteroatoms. The highest BCUT2D eigenvalue weighted by molar-refractivity contribution is 9.10. The van der Waals surface area contributed by atoms with Crippen LogP contribution in [0.25, 0.3) is 0 Å². The molecule has 0 bridgehead atoms. The van der Waals surface area contributed by atoms with Gasteiger partial charge in [-0.05, 0) is 53.5 Å². The molecule has 3 nitrogen and oxygen atoms in total. The van der Waals surface area contributed by atoms with E-state index in [1.807, 2.05) is 18.2 Å². The van der Waals surface area contributed by atoms with Crippen molar-refractivity contribution < 1.29 is 4.79 Å². The van der Waals surface area contributed by atoms with Crippen molar-refractivity contribution in [3.63, 3.8) is 0 Å². The molecule has 1 aliphatic rings. The van der Waals surface area contributed by atoms with E-state index in [2.05, 4.69) is 20.8 Å². The van der Waals surface area contributed by atoms with Crippen molar-refractivity contribution in [3.05, 3.63) is 28.2 Å². The number of benzene rings is 1. The Balaban J connectivity index is 2.19. The molecule has 0 spiro atoms. The average molecular weight is 297 g/mol. The van der Waals surface area contributed by atoms with Crippen LogP contribution < -0.4 is 10.6 Å². The third kappa shape index (κ3) is 2.87. The largest absolute Gasteiger partial charge is 0.371 e. The van der Waals surface area contributed by atoms with Crippen molar-refractivity contribution in [2.75, 3.05) is 24.5 Å². The Labute approximate surface area is 110 Å². The van der Waals surface area contributed by atoms with E-state index in [9.17, 15) is 4.79 Å². The fraction of sp³-hybridized carbons (Fsp3) is 0.462. The minimum atomic E-state index is 0.112. The first kappa shape index (κ1) is 12.6. The van der Waals surface area contributed by atoms with Crippen LogP contribution in [0.3, 0.4) is 0 Å². The minimum absolute atomic E-state index is 0.112. The Morgan fingerprint density at radius 1 is 1.35 bits per heavy atom. The topological polar surface area (TPSA) is 46.3 Å². The third-order valence-corrected chi connectivity index (χ3v) is 3.72. The lowest BCUT2D eigenvalue weighted by molar-refractivity contribution is 0.0985. The Morgan fingerprint density at radius 3 is 2.65 bits per heavy atom. The summed E-state index contributed by atoms with van der Waals surface area (Å²) in [4.78, 5) is 14.1. The maximum Gasteiger partial charge on any atom is 0.164 e. The highest BCUT2D eigenvalue weighted by atomic mass is 79.9. The molecule has 0 radical (unpaired) electrons. The van der Waals surface area contributed by atoms with Crippen molar-refractivity contribution in [2.24, 2.45) is 5.73 Å². The molecule has 1 aliphatic heterocycles. The number of halogens is 1. The zero-order valence-corrected chi connectivity index (χ0v) is 11.4. The van der Waals surface area contributed by atoms with Crippen LogP contribution in [-0.4, -0.2) is 25.4 Å². The Bertz CT molecular complexity index is 414. The number of Topliss-reactive ketones (excluding diaryl/α,β-unsaturated/α-hetero) is 1. The van der Waals surface area contributed by atoms with Crippen molar-refractivity contribution >= 4 is 27.4 Å². The number of carbonyl (C=O) groups is 1. The molecule has 1 heterocycles. The third-order valence-electron chi connectivity index (χ3n) is 3.09. The predicted molar refractivity (Wildman–Crippen MR) is 73.6 cm³/mol. The number of hydrogen-bond donors (Lipinski definition) is 1. The molecular weight excluding hydrogens is 280 g/mol. The molecule has 17 heavy (non-hydrogen) atoms. The lowest BCUT2D eigenvalue weighted by Gasteiger charge is -2.19. The number of anilines is 1. The van der Waals surface area contributed by atoms with Crippen LogP contribution in [-0.2, 0) is 0 Å². The van der Waals surface area contributed by atoms with Gasteiger partial charge in [0.05, 0.1) is 5.69 Å². The van der Waals surface area contributed by atoms with Gasteiger partial charge in [-0.3, -0.25) is 4.79 Å². The number of nitrogens with zero attached hydrogens (tertiary/aromatic N) is 1. The van der Waals surface area contributed by atoms with E-state index in [4.69, 9.17) is 5.73 Å². The zero-order valence-electron chi connectivity index (χ0n) is 9.79. The number of nitrogens with two attached hydrogens (primary N) is 1. The first-order valence-electron chi connectivity index (χ1n) is 6.00. The number of rotatable bonds is 4. The molecule has 1 saturated heterocycles. The van der Waals surface area contributed by atoms with Gasteiger partial charge in [0.1, 0.15) is 0 Å². The first-order chi connectivity index (χ1) is 8.22. The summed E-state index contributed by atoms with van der Waals surface area (Å²) in [5, 5.41) is 0. The molecule has 2 N–H and O–H groups in total. The van der Waals surface area contributed by atoms with Crippen LogP contribution in [0, 0.1) is 0 Å². The van der Waals surface area contributed by atoms with E-state index >= 15 is 0 Å². The van der Waals surface area contributed by atoms with Gasteiger partial charge in [-0.25, -0.2) is 0 Å². The molecular formula is C13H17BrN2O. The summed E-state index contributed by atoms with van der Waals surface area (Å²) in [5.74, 6) is 0.112. The van der Waals surface area contributed by atoms with Crippen LogP contribution in [0.1, 0.15) is 29.6 Å². The SMILES string of the molecule is NCCC(=O)c1ccc(N2CCCC2)c(Br)c1. The van der Waals surface area contributed by atoms with Crippen molar-refractivity contribution in [3.8, 4) is 0 Å². The van der Waals surface area contributed by atoms with Gasteiger partial charge in [-0.1, -0.05) is 0 Å². The second-order valence-corrected chi connectivity index (χ2v) is 5.18. The Kier molecular flexibility index (Phi) is 4.18. The van der Waals surface area contributed by atoms with Crippen LogP contribution in [0.5, 0.6) is 0 Å². The summed E-state index contributed by atoms with van der Waals surface area (Å²) in [7, 11) is 0. The lowest BCUT2D eigenvalue weighted by atomic mass is 10.1. The van der Waals surface area contributed by atoms with Gasteiger partial charge in [-0.15, -0.1) is 0 Å². The van der Waals surface area contributed by atoms with Gasteiger partial charge in [0.15, 0.2) is 5.78 Å². The van der Waals surface area contributed by atoms with Crippen LogP contribution in [0.2, 0.25) is 0 Å². The number of ketones is 1. The molecule has 0 atom stereocenters. The van der Waals surface area contributed by atoms with E-state index in [0.717, 1.165) is 23.1 Å². The molecule has 92 valence electrons. The van der Waals surface area contributed by atoms with E-state index in [0.29, 0.717) is 13.0 Å². The smallest absolute Gasteiger partial charge is 0.164 e. The van der Waals surface area contributed by atoms with Gasteiger partial charge in [0.25, 0.3) is 0 Å². The van der Waals surface area contributed by atoms with Gasteiger partial charge in [-0.2, -0.15) is 0 Å². The van der Waals surface area contributed by atoms with Crippen LogP contribution in [0.15, 0.2) is 22.7 Å². The molecule has 0 aromatic heterocycles. The molecule has 2 rings (SSSR count). The van der Waals surface area contributed by atoms with Crippen LogP contribution >= 0.6 is 15.9 Å². The van der Waals surface area contributed by atoms with E-state index < -0.39 is 0 Å². The molecule has 1 aromatic carbocycles. The fourth-order valence-corrected chi connectivity index (χ4v) is 2.80. The van der Waals surface area contributed by atoms with Gasteiger partial charge in [0, 0.05) is 29.5 Å². The standard InChI is InChI=1S/C13H17BrN2O/c14-11-9-10(13(17)5-6-15)3-4-12(11)16-7-1-2-8-16/h3-4,9H,1-2,5-8,15H2. The lowest BCUT2D eigenvalue weighted by Crippen LogP contribution is -2.18. The maximum atomic E-state index is 11.7. The highest BCUT2D eigenvalue weighted by Crippen LogP contribution is 2.30. The summed E-state index contributed by atoms with van der Waals surface area (Å²) in [6, 6.07) is 5.83. The monoisotopic (exact) mass is 296 g/mol. The predicted octanol–water partition coefficient (Wildman–Crippen LogP) is 2.58. The summed E-state index contributed by atoms with van der Waals surface area (Å²) >= 11 is 3.55. The summed E-state index contributed by atoms with van der Waals surface area (Å²) in [6.45, 7) is 2.62. The highest BCUT2D eigenvalue weighted by Gasteiger charge is 2.16. The second-order valence-electron chi connectivity index (χ2n) is 4.32. The zero-order chi connectivity index (χ0) is 12.3. The van der Waals surface area contributed by atoms with Crippen molar-refractivity contribution in [2.45, 2.75) is 19.3 Å². The van der Waals surface area contributed by atoms with E-state index in [1.54, 1.807) is 0 Å². The summed E-state index contributed by atoms with van der Waals surface area (Å²) < 4.78 is 1.00. The first-order valence-corrected chi connectivity index (χ1v) is 6.79. The van der Waals surface area contributed by atoms with Gasteiger partial charge in [0.2, 0.25) is 0 Å². The second kappa shape index (κ2) is 5.65. The summed E-state index contributed by atoms with van der Waals surface area (Å²) in [6.07, 6.45) is 2.91. The fourth-order valence-electron chi connectivity index (χ4n) is 2.17. The average Bonchev–Trinajstić information content (AvgIpc) is 2.82. The molecule has 1 aromatic rings. The van der Waals surface area contributed by atoms with Crippen molar-refractivity contribution in [1.29, 1.82) is 0 Å². The Hall–Kier alpha value is -0.870. The quantitative estimate of drug-likeness (QED) is 0.869. The van der Waals surface area contributed by atoms with Crippen LogP contribution in [0.4, 0.5) is 5.69 Å². The van der Waals surface area contributed by atoms with Gasteiger partial charge < -0.3 is 10.6 Å². The Morgan fingerprint density at radius 2 is 2.06 bits per heavy atom.